The van der Waals surface area contributed by atoms with E-state index in [0.717, 1.165) is 17.9 Å². The summed E-state index contributed by atoms with van der Waals surface area (Å²) in [5, 5.41) is 0. The van der Waals surface area contributed by atoms with Gasteiger partial charge in [-0.25, -0.2) is 0 Å². The Morgan fingerprint density at radius 2 is 2.13 bits per heavy atom. The van der Waals surface area contributed by atoms with Gasteiger partial charge in [-0.15, -0.1) is 11.8 Å². The molecule has 0 amide bonds. The Labute approximate surface area is 93.9 Å². The van der Waals surface area contributed by atoms with Gasteiger partial charge < -0.3 is 15.2 Å². The van der Waals surface area contributed by atoms with Crippen LogP contribution in [0.2, 0.25) is 0 Å². The first kappa shape index (κ1) is 10.6. The van der Waals surface area contributed by atoms with Gasteiger partial charge in [-0.05, 0) is 24.9 Å². The lowest BCUT2D eigenvalue weighted by Gasteiger charge is -2.36. The number of hydrogen-bond acceptors (Lipinski definition) is 4. The van der Waals surface area contributed by atoms with Crippen LogP contribution in [0.3, 0.4) is 0 Å². The predicted octanol–water partition coefficient (Wildman–Crippen LogP) is 1.87. The minimum Gasteiger partial charge on any atom is -0.485 e. The van der Waals surface area contributed by atoms with E-state index in [1.54, 1.807) is 11.8 Å². The summed E-state index contributed by atoms with van der Waals surface area (Å²) in [4.78, 5) is -0.316. The van der Waals surface area contributed by atoms with Crippen molar-refractivity contribution in [3.63, 3.8) is 0 Å². The fraction of sp³-hybridized carbons (Fsp3) is 0.455. The van der Waals surface area contributed by atoms with E-state index in [1.165, 1.54) is 0 Å². The molecule has 15 heavy (non-hydrogen) atoms. The van der Waals surface area contributed by atoms with Crippen LogP contribution in [0.15, 0.2) is 24.3 Å². The number of benzene rings is 1. The molecule has 0 bridgehead atoms. The van der Waals surface area contributed by atoms with E-state index in [4.69, 9.17) is 15.2 Å². The molecule has 1 aliphatic rings. The Balaban J connectivity index is 2.22. The van der Waals surface area contributed by atoms with E-state index >= 15 is 0 Å². The zero-order chi connectivity index (χ0) is 10.7. The molecule has 2 N–H and O–H groups in total. The van der Waals surface area contributed by atoms with Crippen molar-refractivity contribution in [3.8, 4) is 11.5 Å². The Kier molecular flexibility index (Phi) is 3.07. The SMILES string of the molecule is CSC1(CCN)COc2ccccc2O1. The minimum atomic E-state index is -0.316. The van der Waals surface area contributed by atoms with E-state index in [0.29, 0.717) is 13.2 Å². The molecule has 1 atom stereocenters. The molecule has 0 saturated heterocycles. The van der Waals surface area contributed by atoms with Crippen LogP contribution >= 0.6 is 11.8 Å². The van der Waals surface area contributed by atoms with Gasteiger partial charge in [-0.1, -0.05) is 12.1 Å². The van der Waals surface area contributed by atoms with Crippen molar-refractivity contribution in [2.24, 2.45) is 5.73 Å². The van der Waals surface area contributed by atoms with E-state index in [2.05, 4.69) is 0 Å². The number of hydrogen-bond donors (Lipinski definition) is 1. The molecule has 82 valence electrons. The third kappa shape index (κ3) is 2.06. The van der Waals surface area contributed by atoms with Gasteiger partial charge in [0.25, 0.3) is 0 Å². The second kappa shape index (κ2) is 4.33. The molecular formula is C11H15NO2S. The van der Waals surface area contributed by atoms with Crippen molar-refractivity contribution in [2.45, 2.75) is 11.4 Å². The third-order valence-electron chi connectivity index (χ3n) is 2.49. The van der Waals surface area contributed by atoms with E-state index < -0.39 is 0 Å². The second-order valence-electron chi connectivity index (χ2n) is 3.49. The number of fused-ring (bicyclic) bond motifs is 1. The number of para-hydroxylation sites is 2. The molecular weight excluding hydrogens is 210 g/mol. The average molecular weight is 225 g/mol. The van der Waals surface area contributed by atoms with Gasteiger partial charge >= 0.3 is 0 Å². The lowest BCUT2D eigenvalue weighted by molar-refractivity contribution is 0.0596. The highest BCUT2D eigenvalue weighted by atomic mass is 32.2. The van der Waals surface area contributed by atoms with Gasteiger partial charge in [0, 0.05) is 6.42 Å². The lowest BCUT2D eigenvalue weighted by atomic mass is 10.2. The normalized spacial score (nSPS) is 23.9. The van der Waals surface area contributed by atoms with Crippen LogP contribution in [-0.2, 0) is 0 Å². The number of thioether (sulfide) groups is 1. The molecule has 4 heteroatoms. The second-order valence-corrected chi connectivity index (χ2v) is 4.64. The zero-order valence-corrected chi connectivity index (χ0v) is 9.55. The Morgan fingerprint density at radius 1 is 1.40 bits per heavy atom. The van der Waals surface area contributed by atoms with Gasteiger partial charge in [-0.3, -0.25) is 0 Å². The van der Waals surface area contributed by atoms with Crippen molar-refractivity contribution in [1.29, 1.82) is 0 Å². The number of ether oxygens (including phenoxy) is 2. The molecule has 2 rings (SSSR count). The molecule has 1 aliphatic heterocycles. The molecule has 0 aliphatic carbocycles. The summed E-state index contributed by atoms with van der Waals surface area (Å²) in [7, 11) is 0. The number of nitrogens with two attached hydrogens (primary N) is 1. The summed E-state index contributed by atoms with van der Waals surface area (Å²) >= 11 is 1.65. The van der Waals surface area contributed by atoms with Crippen LogP contribution in [0, 0.1) is 0 Å². The molecule has 0 radical (unpaired) electrons. The van der Waals surface area contributed by atoms with Gasteiger partial charge in [0.05, 0.1) is 0 Å². The fourth-order valence-corrected chi connectivity index (χ4v) is 2.29. The molecule has 0 spiro atoms. The first-order valence-electron chi connectivity index (χ1n) is 4.96. The Morgan fingerprint density at radius 3 is 2.80 bits per heavy atom. The first-order chi connectivity index (χ1) is 7.29. The number of rotatable bonds is 3. The minimum absolute atomic E-state index is 0.316. The van der Waals surface area contributed by atoms with Gasteiger partial charge in [0.15, 0.2) is 16.4 Å². The standard InChI is InChI=1S/C11H15NO2S/c1-15-11(6-7-12)8-13-9-4-2-3-5-10(9)14-11/h2-5H,6-8,12H2,1H3. The molecule has 1 unspecified atom stereocenters. The molecule has 1 heterocycles. The first-order valence-corrected chi connectivity index (χ1v) is 6.18. The summed E-state index contributed by atoms with van der Waals surface area (Å²) in [6, 6.07) is 7.73. The van der Waals surface area contributed by atoms with Gasteiger partial charge in [0.1, 0.15) is 6.61 Å². The summed E-state index contributed by atoms with van der Waals surface area (Å²) in [5.74, 6) is 1.63. The Hall–Kier alpha value is -0.870. The van der Waals surface area contributed by atoms with Crippen LogP contribution in [-0.4, -0.2) is 24.3 Å². The third-order valence-corrected chi connectivity index (χ3v) is 3.64. The van der Waals surface area contributed by atoms with Crippen molar-refractivity contribution >= 4 is 11.8 Å². The average Bonchev–Trinajstić information content (AvgIpc) is 2.29. The molecule has 1 aromatic rings. The van der Waals surface area contributed by atoms with Crippen molar-refractivity contribution in [3.05, 3.63) is 24.3 Å². The Bertz CT molecular complexity index is 345. The molecule has 0 fully saturated rings. The predicted molar refractivity (Wildman–Crippen MR) is 62.5 cm³/mol. The van der Waals surface area contributed by atoms with Crippen LogP contribution in [0.25, 0.3) is 0 Å². The van der Waals surface area contributed by atoms with E-state index in [9.17, 15) is 0 Å². The van der Waals surface area contributed by atoms with Crippen LogP contribution in [0.1, 0.15) is 6.42 Å². The highest BCUT2D eigenvalue weighted by molar-refractivity contribution is 7.99. The fourth-order valence-electron chi connectivity index (χ4n) is 1.62. The van der Waals surface area contributed by atoms with Crippen LogP contribution in [0.4, 0.5) is 0 Å². The molecule has 1 aromatic carbocycles. The maximum atomic E-state index is 5.97. The summed E-state index contributed by atoms with van der Waals surface area (Å²) in [6.07, 6.45) is 2.81. The van der Waals surface area contributed by atoms with Gasteiger partial charge in [0.2, 0.25) is 0 Å². The topological polar surface area (TPSA) is 44.5 Å². The summed E-state index contributed by atoms with van der Waals surface area (Å²) in [5.41, 5.74) is 5.59. The van der Waals surface area contributed by atoms with Crippen molar-refractivity contribution < 1.29 is 9.47 Å². The molecule has 0 saturated carbocycles. The molecule has 3 nitrogen and oxygen atoms in total. The maximum Gasteiger partial charge on any atom is 0.189 e. The summed E-state index contributed by atoms with van der Waals surface area (Å²) in [6.45, 7) is 1.16. The van der Waals surface area contributed by atoms with Crippen LogP contribution in [0.5, 0.6) is 11.5 Å². The highest BCUT2D eigenvalue weighted by Gasteiger charge is 2.36. The molecule has 0 aromatic heterocycles. The maximum absolute atomic E-state index is 5.97. The van der Waals surface area contributed by atoms with Crippen molar-refractivity contribution in [1.82, 2.24) is 0 Å². The highest BCUT2D eigenvalue weighted by Crippen LogP contribution is 2.40. The smallest absolute Gasteiger partial charge is 0.189 e. The zero-order valence-electron chi connectivity index (χ0n) is 8.73. The van der Waals surface area contributed by atoms with Gasteiger partial charge in [-0.2, -0.15) is 0 Å². The summed E-state index contributed by atoms with van der Waals surface area (Å²) < 4.78 is 11.6. The monoisotopic (exact) mass is 225 g/mol. The van der Waals surface area contributed by atoms with Crippen LogP contribution < -0.4 is 15.2 Å². The van der Waals surface area contributed by atoms with Crippen molar-refractivity contribution in [2.75, 3.05) is 19.4 Å². The quantitative estimate of drug-likeness (QED) is 0.853. The lowest BCUT2D eigenvalue weighted by Crippen LogP contribution is -2.43. The van der Waals surface area contributed by atoms with E-state index in [-0.39, 0.29) is 4.93 Å². The van der Waals surface area contributed by atoms with E-state index in [1.807, 2.05) is 30.5 Å². The largest absolute Gasteiger partial charge is 0.485 e.